The summed E-state index contributed by atoms with van der Waals surface area (Å²) in [5.74, 6) is 0.481. The Kier molecular flexibility index (Phi) is 5.24. The van der Waals surface area contributed by atoms with Crippen LogP contribution in [0.25, 0.3) is 0 Å². The average Bonchev–Trinajstić information content (AvgIpc) is 2.77. The van der Waals surface area contributed by atoms with E-state index in [1.165, 1.54) is 11.1 Å². The summed E-state index contributed by atoms with van der Waals surface area (Å²) in [6, 6.07) is 2.45. The van der Waals surface area contributed by atoms with Crippen LogP contribution in [0, 0.1) is 0 Å². The number of hydrogen-bond acceptors (Lipinski definition) is 2. The molecule has 1 aliphatic rings. The van der Waals surface area contributed by atoms with Crippen LogP contribution in [0.5, 0.6) is 5.75 Å². The van der Waals surface area contributed by atoms with Crippen LogP contribution in [0.3, 0.4) is 0 Å². The normalized spacial score (nSPS) is 17.1. The lowest BCUT2D eigenvalue weighted by molar-refractivity contribution is 0.451. The Morgan fingerprint density at radius 2 is 2.22 bits per heavy atom. The Balaban J connectivity index is 0.00000162. The fourth-order valence-electron chi connectivity index (χ4n) is 2.87. The number of fused-ring (bicyclic) bond motifs is 1. The zero-order chi connectivity index (χ0) is 12.4. The maximum Gasteiger partial charge on any atom is 0.124 e. The van der Waals surface area contributed by atoms with Crippen LogP contribution < -0.4 is 5.32 Å². The van der Waals surface area contributed by atoms with Crippen molar-refractivity contribution in [2.24, 2.45) is 0 Å². The van der Waals surface area contributed by atoms with E-state index in [1.54, 1.807) is 0 Å². The van der Waals surface area contributed by atoms with E-state index < -0.39 is 0 Å². The molecule has 0 fully saturated rings. The summed E-state index contributed by atoms with van der Waals surface area (Å²) in [7, 11) is 1.96. The average molecular weight is 268 g/mol. The van der Waals surface area contributed by atoms with Crippen LogP contribution in [-0.2, 0) is 19.3 Å². The minimum absolute atomic E-state index is 0. The summed E-state index contributed by atoms with van der Waals surface area (Å²) in [5.41, 5.74) is 4.88. The number of phenolic OH excluding ortho intramolecular Hbond substituents is 1. The van der Waals surface area contributed by atoms with Gasteiger partial charge in [-0.15, -0.1) is 19.0 Å². The van der Waals surface area contributed by atoms with E-state index in [-0.39, 0.29) is 12.4 Å². The third kappa shape index (κ3) is 2.40. The molecule has 0 radical (unpaired) electrons. The lowest BCUT2D eigenvalue weighted by Crippen LogP contribution is -2.13. The predicted octanol–water partition coefficient (Wildman–Crippen LogP) is 3.31. The molecule has 2 nitrogen and oxygen atoms in total. The van der Waals surface area contributed by atoms with Gasteiger partial charge in [0.2, 0.25) is 0 Å². The molecular weight excluding hydrogens is 246 g/mol. The fraction of sp³-hybridized carbons (Fsp3) is 0.467. The fourth-order valence-corrected chi connectivity index (χ4v) is 2.87. The molecule has 2 rings (SSSR count). The SMILES string of the molecule is C=CCc1cc(CC)c2c(c1O)C(NC)CC2.Cl. The highest BCUT2D eigenvalue weighted by Crippen LogP contribution is 2.41. The minimum atomic E-state index is 0. The summed E-state index contributed by atoms with van der Waals surface area (Å²) in [6.07, 6.45) is 5.78. The maximum atomic E-state index is 10.4. The van der Waals surface area contributed by atoms with Gasteiger partial charge in [-0.3, -0.25) is 0 Å². The molecule has 0 bridgehead atoms. The van der Waals surface area contributed by atoms with Crippen molar-refractivity contribution in [1.29, 1.82) is 0 Å². The molecule has 18 heavy (non-hydrogen) atoms. The molecule has 1 aromatic rings. The van der Waals surface area contributed by atoms with E-state index in [2.05, 4.69) is 24.9 Å². The maximum absolute atomic E-state index is 10.4. The molecule has 1 aliphatic carbocycles. The van der Waals surface area contributed by atoms with Crippen LogP contribution in [-0.4, -0.2) is 12.2 Å². The van der Waals surface area contributed by atoms with E-state index in [1.807, 2.05) is 13.1 Å². The van der Waals surface area contributed by atoms with E-state index in [4.69, 9.17) is 0 Å². The number of allylic oxidation sites excluding steroid dienone is 1. The molecule has 100 valence electrons. The van der Waals surface area contributed by atoms with Crippen LogP contribution >= 0.6 is 12.4 Å². The lowest BCUT2D eigenvalue weighted by Gasteiger charge is -2.17. The molecule has 2 N–H and O–H groups in total. The number of halogens is 1. The third-order valence-electron chi connectivity index (χ3n) is 3.75. The standard InChI is InChI=1S/C15H21NO.ClH/c1-4-6-11-9-10(5-2)12-7-8-13(16-3)14(12)15(11)17;/h4,9,13,16-17H,1,5-8H2,2-3H3;1H. The van der Waals surface area contributed by atoms with Crippen molar-refractivity contribution in [3.05, 3.63) is 41.0 Å². The highest BCUT2D eigenvalue weighted by atomic mass is 35.5. The zero-order valence-corrected chi connectivity index (χ0v) is 11.9. The quantitative estimate of drug-likeness (QED) is 0.821. The summed E-state index contributed by atoms with van der Waals surface area (Å²) >= 11 is 0. The Labute approximate surface area is 116 Å². The summed E-state index contributed by atoms with van der Waals surface area (Å²) in [6.45, 7) is 5.94. The van der Waals surface area contributed by atoms with Crippen molar-refractivity contribution in [2.45, 2.75) is 38.6 Å². The van der Waals surface area contributed by atoms with E-state index in [0.29, 0.717) is 11.8 Å². The lowest BCUT2D eigenvalue weighted by atomic mass is 9.94. The molecule has 1 atom stereocenters. The number of aromatic hydroxyl groups is 1. The molecule has 0 aliphatic heterocycles. The molecular formula is C15H22ClNO. The Hall–Kier alpha value is -0.990. The van der Waals surface area contributed by atoms with E-state index in [9.17, 15) is 5.11 Å². The van der Waals surface area contributed by atoms with Gasteiger partial charge in [-0.2, -0.15) is 0 Å². The van der Waals surface area contributed by atoms with Crippen molar-refractivity contribution in [2.75, 3.05) is 7.05 Å². The Morgan fingerprint density at radius 1 is 1.50 bits per heavy atom. The van der Waals surface area contributed by atoms with Gasteiger partial charge in [0.05, 0.1) is 0 Å². The van der Waals surface area contributed by atoms with Gasteiger partial charge in [0, 0.05) is 11.6 Å². The van der Waals surface area contributed by atoms with Gasteiger partial charge in [0.1, 0.15) is 5.75 Å². The first-order valence-corrected chi connectivity index (χ1v) is 6.37. The van der Waals surface area contributed by atoms with Crippen molar-refractivity contribution < 1.29 is 5.11 Å². The smallest absolute Gasteiger partial charge is 0.124 e. The van der Waals surface area contributed by atoms with Crippen LogP contribution in [0.1, 0.15) is 41.6 Å². The summed E-state index contributed by atoms with van der Waals surface area (Å²) in [5, 5.41) is 13.7. The number of aryl methyl sites for hydroxylation is 1. The Bertz CT molecular complexity index is 443. The molecule has 0 saturated carbocycles. The second kappa shape index (κ2) is 6.26. The van der Waals surface area contributed by atoms with Crippen molar-refractivity contribution in [1.82, 2.24) is 5.32 Å². The second-order valence-corrected chi connectivity index (χ2v) is 4.66. The van der Waals surface area contributed by atoms with E-state index in [0.717, 1.165) is 36.8 Å². The van der Waals surface area contributed by atoms with Crippen molar-refractivity contribution in [3.8, 4) is 5.75 Å². The highest BCUT2D eigenvalue weighted by Gasteiger charge is 2.27. The second-order valence-electron chi connectivity index (χ2n) is 4.66. The predicted molar refractivity (Wildman–Crippen MR) is 78.8 cm³/mol. The monoisotopic (exact) mass is 267 g/mol. The molecule has 0 spiro atoms. The van der Waals surface area contributed by atoms with Crippen molar-refractivity contribution >= 4 is 12.4 Å². The van der Waals surface area contributed by atoms with Gasteiger partial charge in [-0.05, 0) is 49.4 Å². The minimum Gasteiger partial charge on any atom is -0.507 e. The molecule has 0 amide bonds. The number of hydrogen-bond donors (Lipinski definition) is 2. The first-order chi connectivity index (χ1) is 8.22. The van der Waals surface area contributed by atoms with Gasteiger partial charge < -0.3 is 10.4 Å². The van der Waals surface area contributed by atoms with E-state index >= 15 is 0 Å². The molecule has 1 aromatic carbocycles. The van der Waals surface area contributed by atoms with Gasteiger partial charge in [0.15, 0.2) is 0 Å². The molecule has 0 saturated heterocycles. The number of nitrogens with one attached hydrogen (secondary N) is 1. The molecule has 1 unspecified atom stereocenters. The topological polar surface area (TPSA) is 32.3 Å². The Morgan fingerprint density at radius 3 is 2.78 bits per heavy atom. The van der Waals surface area contributed by atoms with Crippen LogP contribution in [0.2, 0.25) is 0 Å². The number of phenols is 1. The van der Waals surface area contributed by atoms with Gasteiger partial charge in [0.25, 0.3) is 0 Å². The number of rotatable bonds is 4. The highest BCUT2D eigenvalue weighted by molar-refractivity contribution is 5.85. The van der Waals surface area contributed by atoms with Gasteiger partial charge in [-0.1, -0.05) is 19.1 Å². The van der Waals surface area contributed by atoms with Crippen LogP contribution in [0.15, 0.2) is 18.7 Å². The summed E-state index contributed by atoms with van der Waals surface area (Å²) < 4.78 is 0. The number of benzene rings is 1. The third-order valence-corrected chi connectivity index (χ3v) is 3.75. The first kappa shape index (κ1) is 15.1. The zero-order valence-electron chi connectivity index (χ0n) is 11.1. The van der Waals surface area contributed by atoms with Crippen molar-refractivity contribution in [3.63, 3.8) is 0 Å². The van der Waals surface area contributed by atoms with Gasteiger partial charge in [-0.25, -0.2) is 0 Å². The molecule has 0 aromatic heterocycles. The van der Waals surface area contributed by atoms with Gasteiger partial charge >= 0.3 is 0 Å². The molecule has 3 heteroatoms. The largest absolute Gasteiger partial charge is 0.507 e. The molecule has 0 heterocycles. The summed E-state index contributed by atoms with van der Waals surface area (Å²) in [4.78, 5) is 0. The van der Waals surface area contributed by atoms with Crippen LogP contribution in [0.4, 0.5) is 0 Å². The first-order valence-electron chi connectivity index (χ1n) is 6.37.